The highest BCUT2D eigenvalue weighted by atomic mass is 32.2. The van der Waals surface area contributed by atoms with E-state index in [1.807, 2.05) is 0 Å². The van der Waals surface area contributed by atoms with Crippen molar-refractivity contribution in [2.45, 2.75) is 17.9 Å². The molecule has 2 amide bonds. The molecule has 5 N–H and O–H groups in total. The topological polar surface area (TPSA) is 180 Å². The fraction of sp³-hybridized carbons (Fsp3) is 0.120. The minimum Gasteiger partial charge on any atom is -0.477 e. The zero-order valence-corrected chi connectivity index (χ0v) is 21.2. The maximum atomic E-state index is 13.7. The molecule has 1 aliphatic heterocycles. The second-order valence-corrected chi connectivity index (χ2v) is 10.8. The van der Waals surface area contributed by atoms with Crippen molar-refractivity contribution < 1.29 is 36.7 Å². The third kappa shape index (κ3) is 4.83. The van der Waals surface area contributed by atoms with Gasteiger partial charge in [0.1, 0.15) is 17.3 Å². The van der Waals surface area contributed by atoms with E-state index in [1.165, 1.54) is 41.1 Å². The molecule has 0 saturated heterocycles. The predicted octanol–water partition coefficient (Wildman–Crippen LogP) is 2.28. The Morgan fingerprint density at radius 1 is 1.05 bits per heavy atom. The molecule has 0 aliphatic carbocycles. The highest BCUT2D eigenvalue weighted by Crippen LogP contribution is 2.29. The first-order valence-electron chi connectivity index (χ1n) is 11.6. The Hall–Kier alpha value is -4.89. The van der Waals surface area contributed by atoms with E-state index >= 15 is 0 Å². The van der Waals surface area contributed by atoms with Gasteiger partial charge in [-0.3, -0.25) is 14.7 Å². The van der Waals surface area contributed by atoms with E-state index < -0.39 is 44.3 Å². The van der Waals surface area contributed by atoms with Crippen LogP contribution < -0.4 is 11.1 Å². The number of sulfonamides is 1. The maximum Gasteiger partial charge on any atom is 0.352 e. The lowest BCUT2D eigenvalue weighted by Gasteiger charge is -2.26. The van der Waals surface area contributed by atoms with E-state index in [0.29, 0.717) is 29.5 Å². The smallest absolute Gasteiger partial charge is 0.352 e. The summed E-state index contributed by atoms with van der Waals surface area (Å²) >= 11 is 0. The Balaban J connectivity index is 1.45. The van der Waals surface area contributed by atoms with Crippen molar-refractivity contribution >= 4 is 33.6 Å². The quantitative estimate of drug-likeness (QED) is 0.263. The van der Waals surface area contributed by atoms with Gasteiger partial charge in [0.25, 0.3) is 5.91 Å². The van der Waals surface area contributed by atoms with Gasteiger partial charge in [-0.05, 0) is 42.5 Å². The van der Waals surface area contributed by atoms with Gasteiger partial charge in [-0.15, -0.1) is 0 Å². The molecule has 3 heterocycles. The summed E-state index contributed by atoms with van der Waals surface area (Å²) in [4.78, 5) is 36.4. The number of primary amides is 1. The van der Waals surface area contributed by atoms with Crippen LogP contribution in [0, 0.1) is 11.6 Å². The van der Waals surface area contributed by atoms with Crippen LogP contribution >= 0.6 is 0 Å². The van der Waals surface area contributed by atoms with Gasteiger partial charge in [-0.1, -0.05) is 0 Å². The molecule has 12 nitrogen and oxygen atoms in total. The highest BCUT2D eigenvalue weighted by Gasteiger charge is 2.32. The van der Waals surface area contributed by atoms with Crippen molar-refractivity contribution in [3.05, 3.63) is 94.4 Å². The summed E-state index contributed by atoms with van der Waals surface area (Å²) in [7, 11) is -4.30. The average molecular weight is 571 g/mol. The molecular weight excluding hydrogens is 550 g/mol. The molecule has 0 bridgehead atoms. The SMILES string of the molecule is NC(=O)c1ccc(-n2cccc2C(=O)O)cc1C(=O)Nc1n[nH]c2c1CN(S(=O)(=O)c1cc(F)cc(F)c1)CC2. The van der Waals surface area contributed by atoms with Gasteiger partial charge in [0.2, 0.25) is 15.9 Å². The van der Waals surface area contributed by atoms with Crippen molar-refractivity contribution in [2.24, 2.45) is 5.73 Å². The van der Waals surface area contributed by atoms with Crippen molar-refractivity contribution in [3.63, 3.8) is 0 Å². The third-order valence-electron chi connectivity index (χ3n) is 6.36. The van der Waals surface area contributed by atoms with Crippen molar-refractivity contribution in [2.75, 3.05) is 11.9 Å². The summed E-state index contributed by atoms with van der Waals surface area (Å²) in [5.74, 6) is -5.06. The fourth-order valence-corrected chi connectivity index (χ4v) is 5.90. The molecule has 2 aromatic carbocycles. The normalized spacial score (nSPS) is 13.6. The summed E-state index contributed by atoms with van der Waals surface area (Å²) in [6.07, 6.45) is 1.64. The molecule has 5 rings (SSSR count). The Labute approximate surface area is 225 Å². The van der Waals surface area contributed by atoms with Crippen LogP contribution in [0.5, 0.6) is 0 Å². The molecule has 4 aromatic rings. The van der Waals surface area contributed by atoms with Gasteiger partial charge in [0.15, 0.2) is 5.82 Å². The number of anilines is 1. The van der Waals surface area contributed by atoms with Crippen LogP contribution in [0.4, 0.5) is 14.6 Å². The third-order valence-corrected chi connectivity index (χ3v) is 8.19. The molecule has 0 saturated carbocycles. The summed E-state index contributed by atoms with van der Waals surface area (Å²) in [6, 6.07) is 8.84. The number of nitrogens with two attached hydrogens (primary N) is 1. The monoisotopic (exact) mass is 570 g/mol. The van der Waals surface area contributed by atoms with Crippen LogP contribution in [-0.4, -0.2) is 56.9 Å². The van der Waals surface area contributed by atoms with Gasteiger partial charge in [-0.2, -0.15) is 9.40 Å². The lowest BCUT2D eigenvalue weighted by Crippen LogP contribution is -2.36. The van der Waals surface area contributed by atoms with Crippen molar-refractivity contribution in [1.29, 1.82) is 0 Å². The fourth-order valence-electron chi connectivity index (χ4n) is 4.45. The summed E-state index contributed by atoms with van der Waals surface area (Å²) < 4.78 is 55.9. The van der Waals surface area contributed by atoms with Gasteiger partial charge in [-0.25, -0.2) is 22.0 Å². The van der Waals surface area contributed by atoms with Crippen LogP contribution in [0.25, 0.3) is 5.69 Å². The summed E-state index contributed by atoms with van der Waals surface area (Å²) in [5, 5.41) is 18.8. The van der Waals surface area contributed by atoms with Crippen LogP contribution in [0.1, 0.15) is 42.5 Å². The van der Waals surface area contributed by atoms with Gasteiger partial charge in [0.05, 0.1) is 16.0 Å². The number of carboxylic acid groups (broad SMARTS) is 1. The molecule has 2 aromatic heterocycles. The number of benzene rings is 2. The minimum absolute atomic E-state index is 0.0142. The molecule has 0 atom stereocenters. The summed E-state index contributed by atoms with van der Waals surface area (Å²) in [6.45, 7) is -0.282. The maximum absolute atomic E-state index is 13.7. The number of aromatic nitrogens is 3. The Morgan fingerprint density at radius 2 is 1.77 bits per heavy atom. The van der Waals surface area contributed by atoms with E-state index in [2.05, 4.69) is 15.5 Å². The molecule has 40 heavy (non-hydrogen) atoms. The van der Waals surface area contributed by atoms with Crippen LogP contribution in [0.15, 0.2) is 59.6 Å². The molecule has 0 spiro atoms. The lowest BCUT2D eigenvalue weighted by atomic mass is 10.0. The van der Waals surface area contributed by atoms with Crippen LogP contribution in [0.3, 0.4) is 0 Å². The van der Waals surface area contributed by atoms with Crippen LogP contribution in [-0.2, 0) is 23.0 Å². The van der Waals surface area contributed by atoms with Gasteiger partial charge < -0.3 is 20.7 Å². The van der Waals surface area contributed by atoms with E-state index in [4.69, 9.17) is 5.73 Å². The number of carboxylic acids is 1. The Bertz CT molecular complexity index is 1780. The standard InChI is InChI=1S/C25H20F2N6O6S/c26-13-8-14(27)10-16(9-13)40(38,39)32-7-5-20-19(12-32)23(31-30-20)29-24(35)18-11-15(3-4-17(18)22(28)34)33-6-1-2-21(33)25(36)37/h1-4,6,8-11H,5,7,12H2,(H2,28,34)(H,36,37)(H2,29,30,31,35). The van der Waals surface area contributed by atoms with E-state index in [9.17, 15) is 36.7 Å². The molecule has 0 unspecified atom stereocenters. The number of H-pyrrole nitrogens is 1. The van der Waals surface area contributed by atoms with Crippen LogP contribution in [0.2, 0.25) is 0 Å². The van der Waals surface area contributed by atoms with E-state index in [1.54, 1.807) is 0 Å². The molecule has 1 aliphatic rings. The number of fused-ring (bicyclic) bond motifs is 1. The number of nitrogens with one attached hydrogen (secondary N) is 2. The molecule has 15 heteroatoms. The number of aromatic carboxylic acids is 1. The lowest BCUT2D eigenvalue weighted by molar-refractivity contribution is 0.0687. The zero-order valence-electron chi connectivity index (χ0n) is 20.4. The van der Waals surface area contributed by atoms with E-state index in [0.717, 1.165) is 4.31 Å². The molecule has 0 fully saturated rings. The number of hydrogen-bond donors (Lipinski definition) is 4. The number of rotatable bonds is 7. The summed E-state index contributed by atoms with van der Waals surface area (Å²) in [5.41, 5.74) is 6.17. The molecule has 206 valence electrons. The number of halogens is 2. The number of carbonyl (C=O) groups is 3. The van der Waals surface area contributed by atoms with Crippen molar-refractivity contribution in [3.8, 4) is 5.69 Å². The Morgan fingerprint density at radius 3 is 2.45 bits per heavy atom. The first-order valence-corrected chi connectivity index (χ1v) is 13.1. The van der Waals surface area contributed by atoms with E-state index in [-0.39, 0.29) is 47.8 Å². The Kier molecular flexibility index (Phi) is 6.69. The number of amides is 2. The molecule has 0 radical (unpaired) electrons. The number of nitrogens with zero attached hydrogens (tertiary/aromatic N) is 3. The minimum atomic E-state index is -4.30. The zero-order chi connectivity index (χ0) is 28.8. The highest BCUT2D eigenvalue weighted by molar-refractivity contribution is 7.89. The number of carbonyl (C=O) groups excluding carboxylic acids is 2. The first kappa shape index (κ1) is 26.7. The second-order valence-electron chi connectivity index (χ2n) is 8.84. The number of aromatic amines is 1. The van der Waals surface area contributed by atoms with Crippen molar-refractivity contribution in [1.82, 2.24) is 19.1 Å². The first-order chi connectivity index (χ1) is 19.0. The van der Waals surface area contributed by atoms with Gasteiger partial charge in [0, 0.05) is 48.7 Å². The number of hydrogen-bond acceptors (Lipinski definition) is 6. The molecular formula is C25H20F2N6O6S. The average Bonchev–Trinajstić information content (AvgIpc) is 3.55. The largest absolute Gasteiger partial charge is 0.477 e. The second kappa shape index (κ2) is 10.0. The predicted molar refractivity (Wildman–Crippen MR) is 135 cm³/mol. The van der Waals surface area contributed by atoms with Gasteiger partial charge >= 0.3 is 5.97 Å².